The van der Waals surface area contributed by atoms with Gasteiger partial charge in [-0.05, 0) is 36.6 Å². The van der Waals surface area contributed by atoms with E-state index in [0.717, 1.165) is 17.7 Å². The molecule has 0 bridgehead atoms. The van der Waals surface area contributed by atoms with Gasteiger partial charge in [-0.1, -0.05) is 25.6 Å². The number of benzene rings is 1. The molecule has 68 valence electrons. The van der Waals surface area contributed by atoms with Gasteiger partial charge in [-0.25, -0.2) is 0 Å². The smallest absolute Gasteiger partial charge is 0.0697 e. The molecule has 1 rings (SSSR count). The first-order valence-electron chi connectivity index (χ1n) is 4.55. The van der Waals surface area contributed by atoms with Crippen molar-refractivity contribution < 1.29 is 0 Å². The van der Waals surface area contributed by atoms with Crippen LogP contribution in [-0.2, 0) is 6.42 Å². The molecule has 0 amide bonds. The Labute approximate surface area is 79.8 Å². The molecule has 0 heterocycles. The first kappa shape index (κ1) is 9.72. The Bertz CT molecular complexity index is 324. The third-order valence-corrected chi connectivity index (χ3v) is 1.99. The van der Waals surface area contributed by atoms with E-state index in [1.165, 1.54) is 5.56 Å². The number of rotatable bonds is 3. The summed E-state index contributed by atoms with van der Waals surface area (Å²) in [6.45, 7) is 7.84. The van der Waals surface area contributed by atoms with E-state index in [4.69, 9.17) is 0 Å². The van der Waals surface area contributed by atoms with Crippen molar-refractivity contribution >= 4 is 18.0 Å². The highest BCUT2D eigenvalue weighted by Gasteiger charge is 1.97. The van der Waals surface area contributed by atoms with Crippen LogP contribution < -0.4 is 0 Å². The zero-order valence-corrected chi connectivity index (χ0v) is 8.25. The largest absolute Gasteiger partial charge is 0.261 e. The molecule has 0 spiro atoms. The molecule has 0 N–H and O–H groups in total. The van der Waals surface area contributed by atoms with E-state index < -0.39 is 0 Å². The summed E-state index contributed by atoms with van der Waals surface area (Å²) in [6, 6.07) is 6.28. The third-order valence-electron chi connectivity index (χ3n) is 1.99. The van der Waals surface area contributed by atoms with Crippen LogP contribution >= 0.6 is 0 Å². The minimum Gasteiger partial charge on any atom is -0.261 e. The summed E-state index contributed by atoms with van der Waals surface area (Å²) >= 11 is 0. The third kappa shape index (κ3) is 2.28. The Morgan fingerprint density at radius 3 is 2.77 bits per heavy atom. The fourth-order valence-corrected chi connectivity index (χ4v) is 1.24. The minimum absolute atomic E-state index is 0.995. The van der Waals surface area contributed by atoms with Crippen LogP contribution in [-0.4, -0.2) is 6.21 Å². The SMILES string of the molecule is C=Cc1cc(CC)ccc1N=CC. The topological polar surface area (TPSA) is 12.4 Å². The molecule has 0 saturated heterocycles. The fourth-order valence-electron chi connectivity index (χ4n) is 1.24. The zero-order valence-electron chi connectivity index (χ0n) is 8.25. The van der Waals surface area contributed by atoms with Crippen molar-refractivity contribution in [1.82, 2.24) is 0 Å². The lowest BCUT2D eigenvalue weighted by Crippen LogP contribution is -1.82. The standard InChI is InChI=1S/C12H15N/c1-4-10-7-8-12(13-6-3)11(5-2)9-10/h5-9H,2,4H2,1,3H3. The number of nitrogens with zero attached hydrogens (tertiary/aromatic N) is 1. The first-order chi connectivity index (χ1) is 6.31. The van der Waals surface area contributed by atoms with Crippen molar-refractivity contribution in [1.29, 1.82) is 0 Å². The van der Waals surface area contributed by atoms with Crippen LogP contribution in [0.25, 0.3) is 6.08 Å². The number of aryl methyl sites for hydroxylation is 1. The molecule has 0 unspecified atom stereocenters. The average molecular weight is 173 g/mol. The summed E-state index contributed by atoms with van der Waals surface area (Å²) < 4.78 is 0. The molecule has 1 aromatic carbocycles. The summed E-state index contributed by atoms with van der Waals surface area (Å²) in [6.07, 6.45) is 4.70. The molecule has 1 nitrogen and oxygen atoms in total. The molecule has 0 radical (unpaired) electrons. The molecule has 0 saturated carbocycles. The van der Waals surface area contributed by atoms with E-state index in [9.17, 15) is 0 Å². The Morgan fingerprint density at radius 2 is 2.23 bits per heavy atom. The summed E-state index contributed by atoms with van der Waals surface area (Å²) in [5.74, 6) is 0. The number of aliphatic imine (C=N–C) groups is 1. The molecule has 1 heteroatoms. The second-order valence-electron chi connectivity index (χ2n) is 2.84. The van der Waals surface area contributed by atoms with E-state index in [2.05, 4.69) is 30.6 Å². The van der Waals surface area contributed by atoms with Gasteiger partial charge >= 0.3 is 0 Å². The van der Waals surface area contributed by atoms with Crippen molar-refractivity contribution in [2.75, 3.05) is 0 Å². The monoisotopic (exact) mass is 173 g/mol. The van der Waals surface area contributed by atoms with Crippen molar-refractivity contribution in [2.45, 2.75) is 20.3 Å². The van der Waals surface area contributed by atoms with Crippen LogP contribution in [0.4, 0.5) is 5.69 Å². The van der Waals surface area contributed by atoms with Crippen LogP contribution in [0.3, 0.4) is 0 Å². The van der Waals surface area contributed by atoms with Crippen LogP contribution in [0.2, 0.25) is 0 Å². The summed E-state index contributed by atoms with van der Waals surface area (Å²) in [4.78, 5) is 4.26. The van der Waals surface area contributed by atoms with Gasteiger partial charge in [0.25, 0.3) is 0 Å². The maximum atomic E-state index is 4.26. The predicted molar refractivity (Wildman–Crippen MR) is 59.7 cm³/mol. The van der Waals surface area contributed by atoms with E-state index in [1.807, 2.05) is 19.1 Å². The van der Waals surface area contributed by atoms with Gasteiger partial charge < -0.3 is 0 Å². The second kappa shape index (κ2) is 4.61. The quantitative estimate of drug-likeness (QED) is 0.619. The average Bonchev–Trinajstić information content (AvgIpc) is 2.19. The lowest BCUT2D eigenvalue weighted by Gasteiger charge is -2.02. The maximum absolute atomic E-state index is 4.26. The van der Waals surface area contributed by atoms with Gasteiger partial charge in [0.2, 0.25) is 0 Å². The number of hydrogen-bond donors (Lipinski definition) is 0. The molecule has 13 heavy (non-hydrogen) atoms. The number of hydrogen-bond acceptors (Lipinski definition) is 1. The van der Waals surface area contributed by atoms with Crippen LogP contribution in [0.15, 0.2) is 29.8 Å². The molecule has 0 aliphatic carbocycles. The van der Waals surface area contributed by atoms with Gasteiger partial charge in [-0.3, -0.25) is 4.99 Å². The Kier molecular flexibility index (Phi) is 3.44. The van der Waals surface area contributed by atoms with Gasteiger partial charge in [0.1, 0.15) is 0 Å². The van der Waals surface area contributed by atoms with E-state index in [0.29, 0.717) is 0 Å². The molecule has 0 aromatic heterocycles. The minimum atomic E-state index is 0.995. The van der Waals surface area contributed by atoms with Crippen molar-refractivity contribution in [3.05, 3.63) is 35.9 Å². The zero-order chi connectivity index (χ0) is 9.68. The van der Waals surface area contributed by atoms with E-state index in [1.54, 1.807) is 6.21 Å². The summed E-state index contributed by atoms with van der Waals surface area (Å²) in [7, 11) is 0. The van der Waals surface area contributed by atoms with Crippen LogP contribution in [0.1, 0.15) is 25.0 Å². The summed E-state index contributed by atoms with van der Waals surface area (Å²) in [5, 5.41) is 0. The van der Waals surface area contributed by atoms with Gasteiger partial charge in [0, 0.05) is 6.21 Å². The molecule has 1 aromatic rings. The summed E-state index contributed by atoms with van der Waals surface area (Å²) in [5.41, 5.74) is 3.43. The molecular formula is C12H15N. The van der Waals surface area contributed by atoms with Gasteiger partial charge in [-0.15, -0.1) is 0 Å². The van der Waals surface area contributed by atoms with Crippen LogP contribution in [0, 0.1) is 0 Å². The van der Waals surface area contributed by atoms with Gasteiger partial charge in [0.05, 0.1) is 5.69 Å². The molecular weight excluding hydrogens is 158 g/mol. The highest BCUT2D eigenvalue weighted by Crippen LogP contribution is 2.21. The predicted octanol–water partition coefficient (Wildman–Crippen LogP) is 3.61. The normalized spacial score (nSPS) is 10.6. The molecule has 0 aliphatic rings. The van der Waals surface area contributed by atoms with Crippen molar-refractivity contribution in [2.24, 2.45) is 4.99 Å². The Balaban J connectivity index is 3.15. The lowest BCUT2D eigenvalue weighted by molar-refractivity contribution is 1.14. The fraction of sp³-hybridized carbons (Fsp3) is 0.250. The van der Waals surface area contributed by atoms with E-state index in [-0.39, 0.29) is 0 Å². The Hall–Kier alpha value is -1.37. The van der Waals surface area contributed by atoms with Crippen molar-refractivity contribution in [3.63, 3.8) is 0 Å². The molecule has 0 fully saturated rings. The lowest BCUT2D eigenvalue weighted by atomic mass is 10.1. The highest BCUT2D eigenvalue weighted by atomic mass is 14.7. The first-order valence-corrected chi connectivity index (χ1v) is 4.55. The van der Waals surface area contributed by atoms with Crippen molar-refractivity contribution in [3.8, 4) is 0 Å². The Morgan fingerprint density at radius 1 is 1.46 bits per heavy atom. The molecule has 0 aliphatic heterocycles. The second-order valence-corrected chi connectivity index (χ2v) is 2.84. The highest BCUT2D eigenvalue weighted by molar-refractivity contribution is 5.69. The maximum Gasteiger partial charge on any atom is 0.0697 e. The van der Waals surface area contributed by atoms with Crippen LogP contribution in [0.5, 0.6) is 0 Å². The molecule has 0 atom stereocenters. The van der Waals surface area contributed by atoms with Gasteiger partial charge in [0.15, 0.2) is 0 Å². The van der Waals surface area contributed by atoms with Gasteiger partial charge in [-0.2, -0.15) is 0 Å². The van der Waals surface area contributed by atoms with E-state index >= 15 is 0 Å².